The van der Waals surface area contributed by atoms with Crippen LogP contribution in [0.4, 0.5) is 5.69 Å². The van der Waals surface area contributed by atoms with Gasteiger partial charge in [-0.1, -0.05) is 43.7 Å². The Labute approximate surface area is 180 Å². The van der Waals surface area contributed by atoms with Gasteiger partial charge in [0.25, 0.3) is 5.91 Å². The van der Waals surface area contributed by atoms with Crippen molar-refractivity contribution in [2.45, 2.75) is 37.8 Å². The first-order valence-electron chi connectivity index (χ1n) is 10.9. The molecule has 0 radical (unpaired) electrons. The van der Waals surface area contributed by atoms with E-state index in [9.17, 15) is 19.5 Å². The maximum Gasteiger partial charge on any atom is 0.291 e. The number of rotatable bonds is 5. The number of phenolic OH excluding ortho intramolecular Hbond substituents is 1. The number of hydrogen-bond donors (Lipinski definition) is 3. The number of nitrogens with one attached hydrogen (secondary N) is 1. The molecule has 2 saturated heterocycles. The summed E-state index contributed by atoms with van der Waals surface area (Å²) < 4.78 is 0. The molecule has 0 aromatic heterocycles. The van der Waals surface area contributed by atoms with Crippen molar-refractivity contribution in [1.29, 1.82) is 0 Å². The van der Waals surface area contributed by atoms with E-state index < -0.39 is 17.4 Å². The van der Waals surface area contributed by atoms with Crippen LogP contribution in [0.15, 0.2) is 48.5 Å². The van der Waals surface area contributed by atoms with Crippen molar-refractivity contribution >= 4 is 23.4 Å². The lowest BCUT2D eigenvalue weighted by molar-refractivity contribution is -0.733. The molecule has 31 heavy (non-hydrogen) atoms. The number of nitrogens with zero attached hydrogens (tertiary/aromatic N) is 1. The Bertz CT molecular complexity index is 1070. The van der Waals surface area contributed by atoms with Crippen molar-refractivity contribution in [2.24, 2.45) is 11.8 Å². The summed E-state index contributed by atoms with van der Waals surface area (Å²) in [6.07, 6.45) is 2.16. The second kappa shape index (κ2) is 7.20. The fourth-order valence-corrected chi connectivity index (χ4v) is 5.61. The number of carbonyl (C=O) groups excluding carboxylic acids is 3. The van der Waals surface area contributed by atoms with Crippen LogP contribution in [-0.2, 0) is 26.3 Å². The summed E-state index contributed by atoms with van der Waals surface area (Å²) in [5.74, 6) is -1.74. The zero-order valence-corrected chi connectivity index (χ0v) is 17.4. The Kier molecular flexibility index (Phi) is 4.59. The number of amides is 3. The molecule has 3 aliphatic rings. The second-order valence-electron chi connectivity index (χ2n) is 8.75. The number of phenols is 1. The molecule has 2 aromatic carbocycles. The molecule has 2 fully saturated rings. The molecule has 7 heteroatoms. The first-order valence-corrected chi connectivity index (χ1v) is 10.9. The molecule has 4 N–H and O–H groups in total. The van der Waals surface area contributed by atoms with Gasteiger partial charge < -0.3 is 15.7 Å². The summed E-state index contributed by atoms with van der Waals surface area (Å²) in [5.41, 5.74) is 1.31. The van der Waals surface area contributed by atoms with E-state index in [-0.39, 0.29) is 29.5 Å². The molecule has 0 aliphatic carbocycles. The predicted octanol–water partition coefficient (Wildman–Crippen LogP) is 1.13. The Balaban J connectivity index is 1.59. The first kappa shape index (κ1) is 19.8. The van der Waals surface area contributed by atoms with E-state index in [0.717, 1.165) is 24.0 Å². The third kappa shape index (κ3) is 2.80. The highest BCUT2D eigenvalue weighted by Gasteiger charge is 2.73. The molecule has 3 heterocycles. The monoisotopic (exact) mass is 420 g/mol. The van der Waals surface area contributed by atoms with Crippen LogP contribution in [0.5, 0.6) is 5.75 Å². The molecule has 0 saturated carbocycles. The summed E-state index contributed by atoms with van der Waals surface area (Å²) in [6, 6.07) is 14.1. The van der Waals surface area contributed by atoms with Crippen molar-refractivity contribution in [1.82, 2.24) is 4.90 Å². The molecule has 1 spiro atoms. The summed E-state index contributed by atoms with van der Waals surface area (Å²) in [7, 11) is 0. The first-order chi connectivity index (χ1) is 15.0. The molecule has 0 unspecified atom stereocenters. The van der Waals surface area contributed by atoms with Crippen LogP contribution in [0.2, 0.25) is 0 Å². The van der Waals surface area contributed by atoms with E-state index in [1.807, 2.05) is 48.6 Å². The van der Waals surface area contributed by atoms with Gasteiger partial charge in [-0.05, 0) is 30.2 Å². The van der Waals surface area contributed by atoms with Gasteiger partial charge in [0, 0.05) is 18.5 Å². The third-order valence-corrected chi connectivity index (χ3v) is 7.01. The smallest absolute Gasteiger partial charge is 0.291 e. The van der Waals surface area contributed by atoms with Gasteiger partial charge in [-0.15, -0.1) is 0 Å². The molecular formula is C24H26N3O4+. The number of quaternary nitrogens is 1. The standard InChI is InChI=1S/C24H25N3O4/c1-2-3-12-27-21(29)19-18(13-14-8-10-15(28)11-9-14)26-24(20(19)22(27)30)16-6-4-5-7-17(16)25-23(24)31/h4-11,18-20,26,28H,2-3,12-13H2,1H3,(H,25,31)/p+1/t18-,19+,20-,24-/m0/s1. The molecule has 2 aromatic rings. The molecule has 0 bridgehead atoms. The van der Waals surface area contributed by atoms with Crippen LogP contribution in [0.25, 0.3) is 0 Å². The van der Waals surface area contributed by atoms with Crippen LogP contribution in [0.1, 0.15) is 30.9 Å². The van der Waals surface area contributed by atoms with E-state index in [1.54, 1.807) is 12.1 Å². The van der Waals surface area contributed by atoms with Crippen molar-refractivity contribution < 1.29 is 24.8 Å². The molecule has 160 valence electrons. The molecule has 7 nitrogen and oxygen atoms in total. The Morgan fingerprint density at radius 3 is 2.55 bits per heavy atom. The van der Waals surface area contributed by atoms with E-state index in [1.165, 1.54) is 4.90 Å². The van der Waals surface area contributed by atoms with E-state index in [0.29, 0.717) is 18.7 Å². The second-order valence-corrected chi connectivity index (χ2v) is 8.75. The number of hydrogen-bond acceptors (Lipinski definition) is 4. The van der Waals surface area contributed by atoms with Crippen LogP contribution in [-0.4, -0.2) is 40.3 Å². The number of aromatic hydroxyl groups is 1. The predicted molar refractivity (Wildman–Crippen MR) is 113 cm³/mol. The molecule has 5 rings (SSSR count). The highest BCUT2D eigenvalue weighted by atomic mass is 16.3. The van der Waals surface area contributed by atoms with Crippen molar-refractivity contribution in [3.8, 4) is 5.75 Å². The van der Waals surface area contributed by atoms with Gasteiger partial charge in [0.15, 0.2) is 0 Å². The highest BCUT2D eigenvalue weighted by molar-refractivity contribution is 6.13. The fourth-order valence-electron chi connectivity index (χ4n) is 5.61. The minimum Gasteiger partial charge on any atom is -0.508 e. The number of likely N-dealkylation sites (tertiary alicyclic amines) is 1. The number of para-hydroxylation sites is 1. The van der Waals surface area contributed by atoms with E-state index >= 15 is 0 Å². The largest absolute Gasteiger partial charge is 0.508 e. The molecular weight excluding hydrogens is 394 g/mol. The van der Waals surface area contributed by atoms with Crippen LogP contribution < -0.4 is 10.6 Å². The quantitative estimate of drug-likeness (QED) is 0.631. The van der Waals surface area contributed by atoms with Gasteiger partial charge in [-0.25, -0.2) is 0 Å². The van der Waals surface area contributed by atoms with Gasteiger partial charge in [0.1, 0.15) is 23.6 Å². The zero-order valence-electron chi connectivity index (χ0n) is 17.4. The van der Waals surface area contributed by atoms with Crippen LogP contribution >= 0.6 is 0 Å². The normalized spacial score (nSPS) is 28.9. The Morgan fingerprint density at radius 2 is 1.81 bits per heavy atom. The molecule has 3 amide bonds. The zero-order chi connectivity index (χ0) is 21.8. The average molecular weight is 420 g/mol. The van der Waals surface area contributed by atoms with Gasteiger partial charge in [0.05, 0.1) is 5.69 Å². The summed E-state index contributed by atoms with van der Waals surface area (Å²) >= 11 is 0. The van der Waals surface area contributed by atoms with Crippen molar-refractivity contribution in [3.63, 3.8) is 0 Å². The Hall–Kier alpha value is -3.19. The number of unbranched alkanes of at least 4 members (excludes halogenated alkanes) is 1. The number of benzene rings is 2. The third-order valence-electron chi connectivity index (χ3n) is 7.01. The van der Waals surface area contributed by atoms with Crippen molar-refractivity contribution in [2.75, 3.05) is 11.9 Å². The Morgan fingerprint density at radius 1 is 1.06 bits per heavy atom. The maximum atomic E-state index is 13.5. The minimum absolute atomic E-state index is 0.169. The van der Waals surface area contributed by atoms with Gasteiger partial charge in [0.2, 0.25) is 17.4 Å². The summed E-state index contributed by atoms with van der Waals surface area (Å²) in [6.45, 7) is 2.42. The van der Waals surface area contributed by atoms with Gasteiger partial charge in [-0.2, -0.15) is 0 Å². The SMILES string of the molecule is CCCCN1C(=O)[C@@H]2[C@H](Cc3ccc(O)cc3)[NH2+][C@]3(C(=O)Nc4ccccc43)[C@@H]2C1=O. The number of anilines is 1. The lowest BCUT2D eigenvalue weighted by atomic mass is 9.76. The van der Waals surface area contributed by atoms with Crippen molar-refractivity contribution in [3.05, 3.63) is 59.7 Å². The highest BCUT2D eigenvalue weighted by Crippen LogP contribution is 2.49. The summed E-state index contributed by atoms with van der Waals surface area (Å²) in [5, 5.41) is 14.5. The van der Waals surface area contributed by atoms with Crippen LogP contribution in [0, 0.1) is 11.8 Å². The maximum absolute atomic E-state index is 13.5. The topological polar surface area (TPSA) is 103 Å². The van der Waals surface area contributed by atoms with Crippen LogP contribution in [0.3, 0.4) is 0 Å². The lowest BCUT2D eigenvalue weighted by Gasteiger charge is -2.26. The summed E-state index contributed by atoms with van der Waals surface area (Å²) in [4.78, 5) is 41.7. The molecule has 3 aliphatic heterocycles. The minimum atomic E-state index is -1.13. The number of nitrogens with two attached hydrogens (primary N) is 1. The van der Waals surface area contributed by atoms with Gasteiger partial charge in [-0.3, -0.25) is 19.3 Å². The number of carbonyl (C=O) groups is 3. The average Bonchev–Trinajstić information content (AvgIpc) is 3.33. The fraction of sp³-hybridized carbons (Fsp3) is 0.375. The molecule has 4 atom stereocenters. The van der Waals surface area contributed by atoms with E-state index in [2.05, 4.69) is 5.32 Å². The van der Waals surface area contributed by atoms with Gasteiger partial charge >= 0.3 is 0 Å². The lowest BCUT2D eigenvalue weighted by Crippen LogP contribution is -2.99. The van der Waals surface area contributed by atoms with E-state index in [4.69, 9.17) is 0 Å². The number of imide groups is 1. The number of fused-ring (bicyclic) bond motifs is 4.